The molecule has 2 N–H and O–H groups in total. The van der Waals surface area contributed by atoms with Crippen molar-refractivity contribution in [1.82, 2.24) is 19.4 Å². The molecule has 0 amide bonds. The van der Waals surface area contributed by atoms with Gasteiger partial charge in [0.15, 0.2) is 5.78 Å². The van der Waals surface area contributed by atoms with Crippen LogP contribution in [-0.4, -0.2) is 64.6 Å². The molecule has 5 rings (SSSR count). The number of rotatable bonds is 8. The average molecular weight is 556 g/mol. The molecule has 2 aromatic heterocycles. The second-order valence-corrected chi connectivity index (χ2v) is 11.1. The molecule has 9 nitrogen and oxygen atoms in total. The Labute approximate surface area is 240 Å². The van der Waals surface area contributed by atoms with Crippen LogP contribution in [0.1, 0.15) is 51.6 Å². The van der Waals surface area contributed by atoms with Crippen LogP contribution >= 0.6 is 0 Å². The minimum absolute atomic E-state index is 0.0587. The van der Waals surface area contributed by atoms with E-state index in [-0.39, 0.29) is 23.3 Å². The van der Waals surface area contributed by atoms with Gasteiger partial charge in [0.25, 0.3) is 0 Å². The van der Waals surface area contributed by atoms with Gasteiger partial charge >= 0.3 is 5.69 Å². The highest BCUT2D eigenvalue weighted by molar-refractivity contribution is 6.09. The SMILES string of the molecule is COc1cccc(-c2cn(C3CCN(c4cc(C(=O)c5cc(C)c(O)c(C)c5)cc(CN(C)C)n4)CC3)c(=O)[nH]2)c1. The number of hydrogen-bond acceptors (Lipinski definition) is 7. The molecule has 1 aliphatic heterocycles. The predicted molar refractivity (Wildman–Crippen MR) is 160 cm³/mol. The summed E-state index contributed by atoms with van der Waals surface area (Å²) in [6.07, 6.45) is 3.44. The lowest BCUT2D eigenvalue weighted by Crippen LogP contribution is -2.37. The number of pyridine rings is 1. The van der Waals surface area contributed by atoms with Crippen molar-refractivity contribution in [2.24, 2.45) is 0 Å². The molecule has 214 valence electrons. The van der Waals surface area contributed by atoms with E-state index in [9.17, 15) is 14.7 Å². The van der Waals surface area contributed by atoms with Crippen molar-refractivity contribution in [2.45, 2.75) is 39.3 Å². The van der Waals surface area contributed by atoms with Crippen molar-refractivity contribution < 1.29 is 14.6 Å². The zero-order valence-corrected chi connectivity index (χ0v) is 24.3. The van der Waals surface area contributed by atoms with Gasteiger partial charge in [0.05, 0.1) is 18.5 Å². The van der Waals surface area contributed by atoms with E-state index in [0.29, 0.717) is 41.9 Å². The second kappa shape index (κ2) is 11.6. The monoisotopic (exact) mass is 555 g/mol. The molecule has 1 saturated heterocycles. The lowest BCUT2D eigenvalue weighted by Gasteiger charge is -2.33. The molecule has 0 radical (unpaired) electrons. The summed E-state index contributed by atoms with van der Waals surface area (Å²) < 4.78 is 7.13. The maximum Gasteiger partial charge on any atom is 0.326 e. The Morgan fingerprint density at radius 2 is 1.76 bits per heavy atom. The summed E-state index contributed by atoms with van der Waals surface area (Å²) in [5.74, 6) is 1.61. The summed E-state index contributed by atoms with van der Waals surface area (Å²) in [6.45, 7) is 5.62. The van der Waals surface area contributed by atoms with E-state index in [1.165, 1.54) is 0 Å². The van der Waals surface area contributed by atoms with Gasteiger partial charge in [-0.3, -0.25) is 9.36 Å². The van der Waals surface area contributed by atoms with Gasteiger partial charge in [0.2, 0.25) is 0 Å². The van der Waals surface area contributed by atoms with Crippen molar-refractivity contribution >= 4 is 11.6 Å². The van der Waals surface area contributed by atoms with Crippen LogP contribution in [0.5, 0.6) is 11.5 Å². The maximum atomic E-state index is 13.6. The van der Waals surface area contributed by atoms with E-state index < -0.39 is 0 Å². The Morgan fingerprint density at radius 1 is 1.07 bits per heavy atom. The number of nitrogens with one attached hydrogen (secondary N) is 1. The number of nitrogens with zero attached hydrogens (tertiary/aromatic N) is 4. The van der Waals surface area contributed by atoms with Gasteiger partial charge in [0, 0.05) is 48.6 Å². The van der Waals surface area contributed by atoms with Gasteiger partial charge in [0.1, 0.15) is 17.3 Å². The first-order valence-electron chi connectivity index (χ1n) is 13.8. The van der Waals surface area contributed by atoms with E-state index >= 15 is 0 Å². The Morgan fingerprint density at radius 3 is 2.41 bits per heavy atom. The number of methoxy groups -OCH3 is 1. The summed E-state index contributed by atoms with van der Waals surface area (Å²) in [6, 6.07) is 14.9. The first-order valence-corrected chi connectivity index (χ1v) is 13.8. The molecule has 0 atom stereocenters. The van der Waals surface area contributed by atoms with Gasteiger partial charge in [-0.15, -0.1) is 0 Å². The molecule has 0 bridgehead atoms. The Balaban J connectivity index is 1.37. The smallest absolute Gasteiger partial charge is 0.326 e. The molecule has 0 unspecified atom stereocenters. The molecule has 4 aromatic rings. The van der Waals surface area contributed by atoms with E-state index in [1.54, 1.807) is 37.7 Å². The van der Waals surface area contributed by atoms with Crippen molar-refractivity contribution in [2.75, 3.05) is 39.2 Å². The van der Waals surface area contributed by atoms with Crippen LogP contribution < -0.4 is 15.3 Å². The molecule has 1 aliphatic rings. The quantitative estimate of drug-likeness (QED) is 0.304. The fourth-order valence-electron chi connectivity index (χ4n) is 5.52. The van der Waals surface area contributed by atoms with Crippen molar-refractivity contribution in [3.8, 4) is 22.8 Å². The molecule has 41 heavy (non-hydrogen) atoms. The number of ketones is 1. The fraction of sp³-hybridized carbons (Fsp3) is 0.344. The van der Waals surface area contributed by atoms with Crippen LogP contribution in [0.25, 0.3) is 11.3 Å². The number of phenolic OH excluding ortho intramolecular Hbond substituents is 1. The lowest BCUT2D eigenvalue weighted by atomic mass is 9.98. The molecule has 9 heteroatoms. The first-order chi connectivity index (χ1) is 19.6. The molecule has 2 aromatic carbocycles. The summed E-state index contributed by atoms with van der Waals surface area (Å²) in [7, 11) is 5.57. The zero-order chi connectivity index (χ0) is 29.3. The largest absolute Gasteiger partial charge is 0.507 e. The van der Waals surface area contributed by atoms with Crippen LogP contribution in [0.15, 0.2) is 59.5 Å². The van der Waals surface area contributed by atoms with Crippen molar-refractivity contribution in [3.63, 3.8) is 0 Å². The number of carbonyl (C=O) groups excluding carboxylic acids is 1. The number of ether oxygens (including phenoxy) is 1. The number of benzene rings is 2. The van der Waals surface area contributed by atoms with Gasteiger partial charge in [-0.2, -0.15) is 0 Å². The van der Waals surface area contributed by atoms with E-state index in [4.69, 9.17) is 9.72 Å². The Bertz CT molecular complexity index is 1610. The van der Waals surface area contributed by atoms with Crippen molar-refractivity contribution in [1.29, 1.82) is 0 Å². The number of anilines is 1. The third-order valence-electron chi connectivity index (χ3n) is 7.67. The number of aromatic amines is 1. The zero-order valence-electron chi connectivity index (χ0n) is 24.3. The maximum absolute atomic E-state index is 13.6. The number of carbonyl (C=O) groups is 1. The average Bonchev–Trinajstić information content (AvgIpc) is 3.36. The van der Waals surface area contributed by atoms with Crippen LogP contribution in [0, 0.1) is 13.8 Å². The minimum atomic E-state index is -0.125. The van der Waals surface area contributed by atoms with Crippen LogP contribution in [-0.2, 0) is 6.54 Å². The number of hydrogen-bond donors (Lipinski definition) is 2. The van der Waals surface area contributed by atoms with Gasteiger partial charge < -0.3 is 24.6 Å². The Kier molecular flexibility index (Phi) is 7.99. The second-order valence-electron chi connectivity index (χ2n) is 11.1. The molecular weight excluding hydrogens is 518 g/mol. The summed E-state index contributed by atoms with van der Waals surface area (Å²) in [4.78, 5) is 38.6. The molecule has 0 spiro atoms. The third-order valence-corrected chi connectivity index (χ3v) is 7.67. The van der Waals surface area contributed by atoms with E-state index in [1.807, 2.05) is 61.6 Å². The topological polar surface area (TPSA) is 104 Å². The van der Waals surface area contributed by atoms with Crippen LogP contribution in [0.3, 0.4) is 0 Å². The molecule has 3 heterocycles. The highest BCUT2D eigenvalue weighted by Crippen LogP contribution is 2.29. The molecule has 0 saturated carbocycles. The highest BCUT2D eigenvalue weighted by atomic mass is 16.5. The third kappa shape index (κ3) is 6.05. The fourth-order valence-corrected chi connectivity index (χ4v) is 5.52. The number of aromatic nitrogens is 3. The normalized spacial score (nSPS) is 14.0. The van der Waals surface area contributed by atoms with Crippen LogP contribution in [0.2, 0.25) is 0 Å². The summed E-state index contributed by atoms with van der Waals surface area (Å²) in [5, 5.41) is 10.2. The standard InChI is InChI=1S/C32H37N5O4/c1-20-13-23(14-21(2)30(20)38)31(39)24-15-25(18-35(3)4)33-29(17-24)36-11-9-26(10-12-36)37-19-28(34-32(37)40)22-7-6-8-27(16-22)41-5/h6-8,13-17,19,26,38H,9-12,18H2,1-5H3,(H,34,40). The number of aromatic hydroxyl groups is 1. The number of H-pyrrole nitrogens is 1. The number of aryl methyl sites for hydroxylation is 2. The number of phenols is 1. The lowest BCUT2D eigenvalue weighted by molar-refractivity contribution is 0.103. The van der Waals surface area contributed by atoms with Crippen molar-refractivity contribution in [3.05, 3.63) is 93.2 Å². The van der Waals surface area contributed by atoms with E-state index in [0.717, 1.165) is 41.4 Å². The number of piperidine rings is 1. The minimum Gasteiger partial charge on any atom is -0.507 e. The van der Waals surface area contributed by atoms with Gasteiger partial charge in [-0.05, 0) is 88.3 Å². The predicted octanol–water partition coefficient (Wildman–Crippen LogP) is 4.70. The molecular formula is C32H37N5O4. The highest BCUT2D eigenvalue weighted by Gasteiger charge is 2.25. The van der Waals surface area contributed by atoms with Crippen LogP contribution in [0.4, 0.5) is 5.82 Å². The molecule has 1 fully saturated rings. The molecule has 0 aliphatic carbocycles. The van der Waals surface area contributed by atoms with Gasteiger partial charge in [-0.1, -0.05) is 12.1 Å². The summed E-state index contributed by atoms with van der Waals surface area (Å²) >= 11 is 0. The van der Waals surface area contributed by atoms with Gasteiger partial charge in [-0.25, -0.2) is 9.78 Å². The van der Waals surface area contributed by atoms with E-state index in [2.05, 4.69) is 9.88 Å². The summed E-state index contributed by atoms with van der Waals surface area (Å²) in [5.41, 5.74) is 4.81. The number of imidazole rings is 1. The first kappa shape index (κ1) is 28.2. The Hall–Kier alpha value is -4.37.